The highest BCUT2D eigenvalue weighted by Crippen LogP contribution is 2.28. The van der Waals surface area contributed by atoms with Gasteiger partial charge in [0.15, 0.2) is 0 Å². The molecule has 0 saturated heterocycles. The third-order valence-corrected chi connectivity index (χ3v) is 3.86. The quantitative estimate of drug-likeness (QED) is 0.895. The Kier molecular flexibility index (Phi) is 3.10. The van der Waals surface area contributed by atoms with Crippen LogP contribution < -0.4 is 5.73 Å². The fourth-order valence-electron chi connectivity index (χ4n) is 1.28. The Labute approximate surface area is 103 Å². The highest BCUT2D eigenvalue weighted by Gasteiger charge is 2.21. The Hall–Kier alpha value is -0.780. The van der Waals surface area contributed by atoms with E-state index in [2.05, 4.69) is 36.1 Å². The van der Waals surface area contributed by atoms with Crippen LogP contribution in [-0.4, -0.2) is 9.97 Å². The van der Waals surface area contributed by atoms with Crippen LogP contribution in [0.25, 0.3) is 0 Å². The molecule has 5 heteroatoms. The summed E-state index contributed by atoms with van der Waals surface area (Å²) in [5, 5.41) is 5.00. The van der Waals surface area contributed by atoms with Crippen LogP contribution in [0.15, 0.2) is 16.3 Å². The number of aromatic nitrogens is 2. The first-order valence-electron chi connectivity index (χ1n) is 5.08. The van der Waals surface area contributed by atoms with E-state index >= 15 is 0 Å². The Morgan fingerprint density at radius 3 is 2.56 bits per heavy atom. The molecule has 0 saturated carbocycles. The van der Waals surface area contributed by atoms with E-state index in [-0.39, 0.29) is 11.5 Å². The van der Waals surface area contributed by atoms with Crippen LogP contribution in [0, 0.1) is 0 Å². The first-order chi connectivity index (χ1) is 7.48. The van der Waals surface area contributed by atoms with Gasteiger partial charge in [-0.05, 0) is 0 Å². The molecular formula is C11H15N3S2. The number of nitrogens with two attached hydrogens (primary N) is 1. The molecule has 1 atom stereocenters. The second-order valence-corrected chi connectivity index (χ2v) is 6.32. The van der Waals surface area contributed by atoms with Crippen LogP contribution in [0.4, 0.5) is 0 Å². The largest absolute Gasteiger partial charge is 0.317 e. The maximum absolute atomic E-state index is 6.11. The van der Waals surface area contributed by atoms with Gasteiger partial charge >= 0.3 is 0 Å². The molecule has 2 aromatic rings. The summed E-state index contributed by atoms with van der Waals surface area (Å²) in [4.78, 5) is 8.82. The van der Waals surface area contributed by atoms with Crippen molar-refractivity contribution in [2.24, 2.45) is 5.73 Å². The van der Waals surface area contributed by atoms with Gasteiger partial charge in [0.05, 0.1) is 16.9 Å². The van der Waals surface area contributed by atoms with Crippen molar-refractivity contribution in [1.82, 2.24) is 9.97 Å². The van der Waals surface area contributed by atoms with Crippen LogP contribution in [0.5, 0.6) is 0 Å². The molecule has 0 aliphatic rings. The molecule has 0 bridgehead atoms. The number of rotatable bonds is 2. The lowest BCUT2D eigenvalue weighted by molar-refractivity contribution is 0.569. The zero-order valence-corrected chi connectivity index (χ0v) is 11.2. The number of hydrogen-bond acceptors (Lipinski definition) is 5. The monoisotopic (exact) mass is 253 g/mol. The summed E-state index contributed by atoms with van der Waals surface area (Å²) >= 11 is 3.17. The van der Waals surface area contributed by atoms with Crippen LogP contribution in [0.1, 0.15) is 43.2 Å². The lowest BCUT2D eigenvalue weighted by atomic mass is 9.93. The van der Waals surface area contributed by atoms with E-state index in [4.69, 9.17) is 5.73 Å². The Bertz CT molecular complexity index is 454. The van der Waals surface area contributed by atoms with Gasteiger partial charge in [0.25, 0.3) is 0 Å². The Morgan fingerprint density at radius 2 is 2.06 bits per heavy atom. The minimum atomic E-state index is -0.188. The maximum atomic E-state index is 6.11. The van der Waals surface area contributed by atoms with E-state index < -0.39 is 0 Å². The van der Waals surface area contributed by atoms with Crippen molar-refractivity contribution < 1.29 is 0 Å². The van der Waals surface area contributed by atoms with Crippen molar-refractivity contribution >= 4 is 22.7 Å². The zero-order chi connectivity index (χ0) is 11.8. The molecule has 0 radical (unpaired) electrons. The predicted molar refractivity (Wildman–Crippen MR) is 69.0 cm³/mol. The van der Waals surface area contributed by atoms with Gasteiger partial charge in [0.1, 0.15) is 11.0 Å². The van der Waals surface area contributed by atoms with E-state index in [1.807, 2.05) is 5.38 Å². The first kappa shape index (κ1) is 11.7. The molecule has 0 spiro atoms. The summed E-state index contributed by atoms with van der Waals surface area (Å²) in [6.45, 7) is 6.46. The maximum Gasteiger partial charge on any atom is 0.116 e. The predicted octanol–water partition coefficient (Wildman–Crippen LogP) is 2.95. The molecule has 86 valence electrons. The molecule has 0 aliphatic carbocycles. The van der Waals surface area contributed by atoms with E-state index in [0.717, 1.165) is 16.4 Å². The van der Waals surface area contributed by atoms with Crippen LogP contribution >= 0.6 is 22.7 Å². The highest BCUT2D eigenvalue weighted by molar-refractivity contribution is 7.10. The molecule has 2 aromatic heterocycles. The van der Waals surface area contributed by atoms with Gasteiger partial charge in [-0.25, -0.2) is 9.97 Å². The molecule has 2 N–H and O–H groups in total. The second kappa shape index (κ2) is 4.24. The second-order valence-electron chi connectivity index (χ2n) is 4.71. The third-order valence-electron chi connectivity index (χ3n) is 2.33. The van der Waals surface area contributed by atoms with Gasteiger partial charge < -0.3 is 5.73 Å². The zero-order valence-electron chi connectivity index (χ0n) is 9.60. The minimum absolute atomic E-state index is 0.0799. The number of hydrogen-bond donors (Lipinski definition) is 1. The molecule has 1 unspecified atom stereocenters. The van der Waals surface area contributed by atoms with Gasteiger partial charge in [-0.15, -0.1) is 22.7 Å². The summed E-state index contributed by atoms with van der Waals surface area (Å²) in [6.07, 6.45) is 0. The smallest absolute Gasteiger partial charge is 0.116 e. The molecule has 3 nitrogen and oxygen atoms in total. The summed E-state index contributed by atoms with van der Waals surface area (Å²) in [6, 6.07) is -0.188. The molecule has 2 rings (SSSR count). The highest BCUT2D eigenvalue weighted by atomic mass is 32.1. The van der Waals surface area contributed by atoms with Gasteiger partial charge in [0, 0.05) is 16.2 Å². The Morgan fingerprint density at radius 1 is 1.31 bits per heavy atom. The fraction of sp³-hybridized carbons (Fsp3) is 0.455. The van der Waals surface area contributed by atoms with Gasteiger partial charge in [-0.3, -0.25) is 0 Å². The summed E-state index contributed by atoms with van der Waals surface area (Å²) in [5.74, 6) is 0. The fourth-order valence-corrected chi connectivity index (χ4v) is 2.92. The topological polar surface area (TPSA) is 51.8 Å². The molecule has 16 heavy (non-hydrogen) atoms. The van der Waals surface area contributed by atoms with Gasteiger partial charge in [-0.1, -0.05) is 20.8 Å². The average molecular weight is 253 g/mol. The normalized spacial score (nSPS) is 14.0. The van der Waals surface area contributed by atoms with Gasteiger partial charge in [0.2, 0.25) is 0 Å². The average Bonchev–Trinajstić information content (AvgIpc) is 2.87. The minimum Gasteiger partial charge on any atom is -0.317 e. The number of thiazole rings is 2. The summed E-state index contributed by atoms with van der Waals surface area (Å²) in [5.41, 5.74) is 9.99. The SMILES string of the molecule is CC(C)(C)c1csc(C(N)c2cscn2)n1. The standard InChI is InChI=1S/C11H15N3S2/c1-11(2,3)8-5-16-10(14-8)9(12)7-4-15-6-13-7/h4-6,9H,12H2,1-3H3. The molecule has 0 aromatic carbocycles. The third kappa shape index (κ3) is 2.31. The molecule has 0 amide bonds. The van der Waals surface area contributed by atoms with Gasteiger partial charge in [-0.2, -0.15) is 0 Å². The van der Waals surface area contributed by atoms with Crippen molar-refractivity contribution in [3.8, 4) is 0 Å². The van der Waals surface area contributed by atoms with Crippen molar-refractivity contribution in [3.05, 3.63) is 32.7 Å². The van der Waals surface area contributed by atoms with Crippen molar-refractivity contribution in [3.63, 3.8) is 0 Å². The lowest BCUT2D eigenvalue weighted by Gasteiger charge is -2.14. The van der Waals surface area contributed by atoms with E-state index in [0.29, 0.717) is 0 Å². The van der Waals surface area contributed by atoms with Crippen molar-refractivity contribution in [2.75, 3.05) is 0 Å². The molecule has 0 aliphatic heterocycles. The first-order valence-corrected chi connectivity index (χ1v) is 6.90. The van der Waals surface area contributed by atoms with E-state index in [9.17, 15) is 0 Å². The van der Waals surface area contributed by atoms with E-state index in [1.54, 1.807) is 28.2 Å². The number of nitrogens with zero attached hydrogens (tertiary/aromatic N) is 2. The van der Waals surface area contributed by atoms with Crippen molar-refractivity contribution in [1.29, 1.82) is 0 Å². The summed E-state index contributed by atoms with van der Waals surface area (Å²) in [7, 11) is 0. The lowest BCUT2D eigenvalue weighted by Crippen LogP contribution is -2.15. The summed E-state index contributed by atoms with van der Waals surface area (Å²) < 4.78 is 0. The Balaban J connectivity index is 2.26. The molecular weight excluding hydrogens is 238 g/mol. The van der Waals surface area contributed by atoms with E-state index in [1.165, 1.54) is 0 Å². The molecule has 0 fully saturated rings. The molecule has 2 heterocycles. The van der Waals surface area contributed by atoms with Crippen molar-refractivity contribution in [2.45, 2.75) is 32.2 Å². The van der Waals surface area contributed by atoms with Crippen LogP contribution in [0.3, 0.4) is 0 Å². The van der Waals surface area contributed by atoms with Crippen LogP contribution in [-0.2, 0) is 5.41 Å². The van der Waals surface area contributed by atoms with Crippen LogP contribution in [0.2, 0.25) is 0 Å².